The van der Waals surface area contributed by atoms with Gasteiger partial charge in [-0.2, -0.15) is 0 Å². The van der Waals surface area contributed by atoms with Crippen LogP contribution in [0.5, 0.6) is 5.75 Å². The number of non-ortho nitro benzene ring substituents is 1. The molecule has 0 aliphatic rings. The zero-order chi connectivity index (χ0) is 16.5. The van der Waals surface area contributed by atoms with Crippen molar-refractivity contribution in [2.24, 2.45) is 0 Å². The van der Waals surface area contributed by atoms with Crippen LogP contribution in [-0.4, -0.2) is 34.4 Å². The van der Waals surface area contributed by atoms with E-state index in [1.165, 1.54) is 24.3 Å². The highest BCUT2D eigenvalue weighted by Gasteiger charge is 2.07. The van der Waals surface area contributed by atoms with Gasteiger partial charge >= 0.3 is 5.97 Å². The molecule has 0 heterocycles. The lowest BCUT2D eigenvalue weighted by molar-refractivity contribution is -0.384. The molecule has 0 aliphatic carbocycles. The zero-order valence-corrected chi connectivity index (χ0v) is 11.0. The molecule has 116 valence electrons. The van der Waals surface area contributed by atoms with Crippen LogP contribution in [0.3, 0.4) is 0 Å². The van der Waals surface area contributed by atoms with E-state index < -0.39 is 29.3 Å². The van der Waals surface area contributed by atoms with Crippen molar-refractivity contribution in [3.8, 4) is 5.75 Å². The maximum atomic E-state index is 11.3. The second kappa shape index (κ2) is 7.99. The standard InChI is InChI=1S/C12H11N3O7/c16-10(5-6-12(18)19)13-14-11(17)7-22-9-3-1-8(2-4-9)15(20)21/h1-6H,7H2,(H,13,16)(H,14,17)(H,18,19)/b6-5+. The molecular formula is C12H11N3O7. The minimum atomic E-state index is -1.30. The minimum Gasteiger partial charge on any atom is -0.484 e. The van der Waals surface area contributed by atoms with Crippen molar-refractivity contribution < 1.29 is 29.2 Å². The molecule has 0 radical (unpaired) electrons. The van der Waals surface area contributed by atoms with Crippen LogP contribution in [0.1, 0.15) is 0 Å². The van der Waals surface area contributed by atoms with Gasteiger partial charge in [0.15, 0.2) is 6.61 Å². The fourth-order valence-corrected chi connectivity index (χ4v) is 1.17. The van der Waals surface area contributed by atoms with E-state index in [2.05, 4.69) is 0 Å². The van der Waals surface area contributed by atoms with E-state index in [0.717, 1.165) is 6.08 Å². The number of carbonyl (C=O) groups is 3. The zero-order valence-electron chi connectivity index (χ0n) is 11.0. The summed E-state index contributed by atoms with van der Waals surface area (Å²) >= 11 is 0. The monoisotopic (exact) mass is 309 g/mol. The van der Waals surface area contributed by atoms with Crippen LogP contribution in [0.2, 0.25) is 0 Å². The maximum Gasteiger partial charge on any atom is 0.328 e. The Bertz CT molecular complexity index is 610. The van der Waals surface area contributed by atoms with E-state index in [0.29, 0.717) is 6.08 Å². The number of amides is 2. The van der Waals surface area contributed by atoms with Crippen molar-refractivity contribution in [2.75, 3.05) is 6.61 Å². The van der Waals surface area contributed by atoms with Crippen molar-refractivity contribution in [3.05, 3.63) is 46.5 Å². The van der Waals surface area contributed by atoms with Crippen molar-refractivity contribution in [3.63, 3.8) is 0 Å². The lowest BCUT2D eigenvalue weighted by atomic mass is 10.3. The lowest BCUT2D eigenvalue weighted by Crippen LogP contribution is -2.43. The Kier molecular flexibility index (Phi) is 6.04. The van der Waals surface area contributed by atoms with E-state index in [1.807, 2.05) is 10.9 Å². The van der Waals surface area contributed by atoms with E-state index >= 15 is 0 Å². The van der Waals surface area contributed by atoms with Crippen LogP contribution in [0.4, 0.5) is 5.69 Å². The number of hydrogen-bond donors (Lipinski definition) is 3. The van der Waals surface area contributed by atoms with Gasteiger partial charge in [-0.25, -0.2) is 4.79 Å². The first-order valence-corrected chi connectivity index (χ1v) is 5.75. The summed E-state index contributed by atoms with van der Waals surface area (Å²) in [4.78, 5) is 42.4. The molecule has 0 saturated heterocycles. The fourth-order valence-electron chi connectivity index (χ4n) is 1.17. The summed E-state index contributed by atoms with van der Waals surface area (Å²) < 4.78 is 5.03. The summed E-state index contributed by atoms with van der Waals surface area (Å²) in [7, 11) is 0. The molecule has 0 atom stereocenters. The van der Waals surface area contributed by atoms with Gasteiger partial charge in [0.25, 0.3) is 17.5 Å². The molecule has 1 aromatic carbocycles. The van der Waals surface area contributed by atoms with Crippen molar-refractivity contribution in [1.29, 1.82) is 0 Å². The average Bonchev–Trinajstić information content (AvgIpc) is 2.49. The molecule has 0 spiro atoms. The quantitative estimate of drug-likeness (QED) is 0.373. The van der Waals surface area contributed by atoms with Gasteiger partial charge in [-0.05, 0) is 12.1 Å². The van der Waals surface area contributed by atoms with Crippen molar-refractivity contribution >= 4 is 23.5 Å². The van der Waals surface area contributed by atoms with Gasteiger partial charge in [-0.1, -0.05) is 0 Å². The van der Waals surface area contributed by atoms with Crippen molar-refractivity contribution in [1.82, 2.24) is 10.9 Å². The van der Waals surface area contributed by atoms with E-state index in [9.17, 15) is 24.5 Å². The highest BCUT2D eigenvalue weighted by Crippen LogP contribution is 2.16. The first-order valence-electron chi connectivity index (χ1n) is 5.75. The SMILES string of the molecule is O=C(O)/C=C/C(=O)NNC(=O)COc1ccc([N+](=O)[O-])cc1. The molecule has 0 unspecified atom stereocenters. The van der Waals surface area contributed by atoms with Crippen LogP contribution in [0.15, 0.2) is 36.4 Å². The summed E-state index contributed by atoms with van der Waals surface area (Å²) in [5, 5.41) is 18.7. The number of ether oxygens (including phenoxy) is 1. The second-order valence-corrected chi connectivity index (χ2v) is 3.75. The Labute approximate surface area is 123 Å². The third-order valence-corrected chi connectivity index (χ3v) is 2.12. The van der Waals surface area contributed by atoms with Crippen molar-refractivity contribution in [2.45, 2.75) is 0 Å². The molecule has 2 amide bonds. The summed E-state index contributed by atoms with van der Waals surface area (Å²) in [6, 6.07) is 5.07. The smallest absolute Gasteiger partial charge is 0.328 e. The molecular weight excluding hydrogens is 298 g/mol. The molecule has 0 saturated carbocycles. The first-order chi connectivity index (χ1) is 10.4. The topological polar surface area (TPSA) is 148 Å². The largest absolute Gasteiger partial charge is 0.484 e. The highest BCUT2D eigenvalue weighted by molar-refractivity contribution is 5.94. The molecule has 22 heavy (non-hydrogen) atoms. The number of nitro groups is 1. The third kappa shape index (κ3) is 6.14. The predicted molar refractivity (Wildman–Crippen MR) is 71.7 cm³/mol. The van der Waals surface area contributed by atoms with Gasteiger partial charge in [0.1, 0.15) is 5.75 Å². The number of benzene rings is 1. The van der Waals surface area contributed by atoms with E-state index in [-0.39, 0.29) is 11.4 Å². The van der Waals surface area contributed by atoms with E-state index in [1.54, 1.807) is 0 Å². The Hall–Kier alpha value is -3.43. The van der Waals surface area contributed by atoms with Gasteiger partial charge in [0, 0.05) is 24.3 Å². The van der Waals surface area contributed by atoms with E-state index in [4.69, 9.17) is 9.84 Å². The summed E-state index contributed by atoms with van der Waals surface area (Å²) in [5.74, 6) is -2.60. The number of nitrogens with one attached hydrogen (secondary N) is 2. The normalized spacial score (nSPS) is 10.0. The number of carboxylic acids is 1. The summed E-state index contributed by atoms with van der Waals surface area (Å²) in [6.07, 6.45) is 1.33. The highest BCUT2D eigenvalue weighted by atomic mass is 16.6. The van der Waals surface area contributed by atoms with Gasteiger partial charge in [0.2, 0.25) is 0 Å². The van der Waals surface area contributed by atoms with Crippen LogP contribution >= 0.6 is 0 Å². The molecule has 0 aliphatic heterocycles. The van der Waals surface area contributed by atoms with Gasteiger partial charge in [-0.15, -0.1) is 0 Å². The van der Waals surface area contributed by atoms with Gasteiger partial charge in [0.05, 0.1) is 4.92 Å². The first kappa shape index (κ1) is 16.6. The Morgan fingerprint density at radius 1 is 1.18 bits per heavy atom. The molecule has 1 rings (SSSR count). The number of hydrazine groups is 1. The molecule has 1 aromatic rings. The third-order valence-electron chi connectivity index (χ3n) is 2.12. The van der Waals surface area contributed by atoms with Gasteiger partial charge < -0.3 is 9.84 Å². The van der Waals surface area contributed by atoms with Crippen LogP contribution in [0, 0.1) is 10.1 Å². The Balaban J connectivity index is 2.35. The predicted octanol–water partition coefficient (Wildman–Crippen LogP) is -0.238. The summed E-state index contributed by atoms with van der Waals surface area (Å²) in [6.45, 7) is -0.444. The van der Waals surface area contributed by atoms with Crippen LogP contribution < -0.4 is 15.6 Å². The molecule has 10 nitrogen and oxygen atoms in total. The Morgan fingerprint density at radius 3 is 2.36 bits per heavy atom. The maximum absolute atomic E-state index is 11.3. The number of hydrogen-bond acceptors (Lipinski definition) is 6. The van der Waals surface area contributed by atoms with Crippen LogP contribution in [0.25, 0.3) is 0 Å². The fraction of sp³-hybridized carbons (Fsp3) is 0.0833. The number of rotatable bonds is 6. The molecule has 0 fully saturated rings. The number of nitrogens with zero attached hydrogens (tertiary/aromatic N) is 1. The molecule has 0 bridgehead atoms. The number of carbonyl (C=O) groups excluding carboxylic acids is 2. The number of carboxylic acid groups (broad SMARTS) is 1. The lowest BCUT2D eigenvalue weighted by Gasteiger charge is -2.07. The van der Waals surface area contributed by atoms with Crippen LogP contribution in [-0.2, 0) is 14.4 Å². The molecule has 10 heteroatoms. The average molecular weight is 309 g/mol. The Morgan fingerprint density at radius 2 is 1.82 bits per heavy atom. The number of aliphatic carboxylic acids is 1. The second-order valence-electron chi connectivity index (χ2n) is 3.75. The number of nitro benzene ring substituents is 1. The molecule has 3 N–H and O–H groups in total. The minimum absolute atomic E-state index is 0.116. The molecule has 0 aromatic heterocycles. The van der Waals surface area contributed by atoms with Gasteiger partial charge in [-0.3, -0.25) is 30.6 Å². The summed E-state index contributed by atoms with van der Waals surface area (Å²) in [5.41, 5.74) is 3.81.